The van der Waals surface area contributed by atoms with Gasteiger partial charge in [0.15, 0.2) is 0 Å². The summed E-state index contributed by atoms with van der Waals surface area (Å²) in [7, 11) is 0.798. The Bertz CT molecular complexity index is 188. The molecule has 0 radical (unpaired) electrons. The van der Waals surface area contributed by atoms with Crippen LogP contribution in [0.1, 0.15) is 6.92 Å². The molecule has 0 spiro atoms. The number of ether oxygens (including phenoxy) is 1. The smallest absolute Gasteiger partial charge is 0.0733 e. The quantitative estimate of drug-likeness (QED) is 0.591. The van der Waals surface area contributed by atoms with E-state index < -0.39 is 8.07 Å². The van der Waals surface area contributed by atoms with Crippen molar-refractivity contribution in [1.29, 1.82) is 0 Å². The fourth-order valence-electron chi connectivity index (χ4n) is 1.88. The third kappa shape index (κ3) is 1.74. The first kappa shape index (κ1) is 9.01. The predicted octanol–water partition coefficient (Wildman–Crippen LogP) is 2.46. The molecule has 1 unspecified atom stereocenters. The van der Waals surface area contributed by atoms with E-state index in [-0.39, 0.29) is 0 Å². The monoisotopic (exact) mass is 170 g/mol. The molecule has 1 nitrogen and oxygen atoms in total. The molecule has 0 aliphatic heterocycles. The zero-order valence-electron chi connectivity index (χ0n) is 8.19. The molecule has 0 aromatic heterocycles. The SMILES string of the molecule is COCC1C(C)=C1[Si](C)(C)C. The Hall–Kier alpha value is -0.0831. The predicted molar refractivity (Wildman–Crippen MR) is 51.4 cm³/mol. The zero-order chi connectivity index (χ0) is 8.65. The molecule has 0 bridgehead atoms. The number of hydrogen-bond acceptors (Lipinski definition) is 1. The Morgan fingerprint density at radius 2 is 1.91 bits per heavy atom. The van der Waals surface area contributed by atoms with Crippen molar-refractivity contribution in [2.24, 2.45) is 5.92 Å². The Morgan fingerprint density at radius 3 is 2.18 bits per heavy atom. The maximum Gasteiger partial charge on any atom is 0.0733 e. The van der Waals surface area contributed by atoms with Crippen LogP contribution in [-0.2, 0) is 4.74 Å². The third-order valence-electron chi connectivity index (χ3n) is 2.35. The Balaban J connectivity index is 2.51. The Labute approximate surface area is 70.5 Å². The summed E-state index contributed by atoms with van der Waals surface area (Å²) in [6.45, 7) is 10.4. The summed E-state index contributed by atoms with van der Waals surface area (Å²) in [4.78, 5) is 0. The molecular formula is C9H18OSi. The molecule has 0 aromatic rings. The van der Waals surface area contributed by atoms with Gasteiger partial charge in [-0.25, -0.2) is 0 Å². The fraction of sp³-hybridized carbons (Fsp3) is 0.778. The number of hydrogen-bond donors (Lipinski definition) is 0. The average Bonchev–Trinajstić information content (AvgIpc) is 2.41. The number of rotatable bonds is 3. The highest BCUT2D eigenvalue weighted by atomic mass is 28.3. The van der Waals surface area contributed by atoms with Crippen molar-refractivity contribution >= 4 is 8.07 Å². The largest absolute Gasteiger partial charge is 0.384 e. The first-order valence-corrected chi connectivity index (χ1v) is 7.68. The van der Waals surface area contributed by atoms with Crippen LogP contribution in [0.2, 0.25) is 19.6 Å². The van der Waals surface area contributed by atoms with Gasteiger partial charge in [-0.15, -0.1) is 0 Å². The lowest BCUT2D eigenvalue weighted by atomic mass is 10.3. The van der Waals surface area contributed by atoms with Gasteiger partial charge < -0.3 is 4.74 Å². The molecule has 2 heteroatoms. The minimum atomic E-state index is -0.987. The summed E-state index contributed by atoms with van der Waals surface area (Å²) in [5.74, 6) is 0.715. The normalized spacial score (nSPS) is 24.3. The highest BCUT2D eigenvalue weighted by molar-refractivity contribution is 6.84. The van der Waals surface area contributed by atoms with Crippen LogP contribution in [-0.4, -0.2) is 21.8 Å². The lowest BCUT2D eigenvalue weighted by Crippen LogP contribution is -2.21. The van der Waals surface area contributed by atoms with E-state index in [1.165, 1.54) is 0 Å². The van der Waals surface area contributed by atoms with E-state index in [9.17, 15) is 0 Å². The molecular weight excluding hydrogens is 152 g/mol. The van der Waals surface area contributed by atoms with Crippen LogP contribution < -0.4 is 0 Å². The van der Waals surface area contributed by atoms with Gasteiger partial charge in [0.05, 0.1) is 14.7 Å². The van der Waals surface area contributed by atoms with Crippen molar-refractivity contribution in [3.63, 3.8) is 0 Å². The van der Waals surface area contributed by atoms with Gasteiger partial charge >= 0.3 is 0 Å². The topological polar surface area (TPSA) is 9.23 Å². The summed E-state index contributed by atoms with van der Waals surface area (Å²) >= 11 is 0. The molecule has 0 N–H and O–H groups in total. The molecule has 0 aromatic carbocycles. The van der Waals surface area contributed by atoms with Crippen LogP contribution in [0.3, 0.4) is 0 Å². The molecule has 0 saturated heterocycles. The van der Waals surface area contributed by atoms with Crippen molar-refractivity contribution in [3.05, 3.63) is 10.8 Å². The van der Waals surface area contributed by atoms with Gasteiger partial charge in [-0.1, -0.05) is 30.4 Å². The van der Waals surface area contributed by atoms with E-state index in [4.69, 9.17) is 4.74 Å². The molecule has 64 valence electrons. The van der Waals surface area contributed by atoms with Gasteiger partial charge in [-0.2, -0.15) is 0 Å². The third-order valence-corrected chi connectivity index (χ3v) is 4.71. The molecule has 1 rings (SSSR count). The standard InChI is InChI=1S/C9H18OSi/c1-7-8(6-10-2)9(7)11(3,4)5/h8H,6H2,1-5H3. The Kier molecular flexibility index (Phi) is 2.26. The molecule has 0 saturated carbocycles. The summed E-state index contributed by atoms with van der Waals surface area (Å²) in [5.41, 5.74) is 1.60. The minimum Gasteiger partial charge on any atom is -0.384 e. The fourth-order valence-corrected chi connectivity index (χ4v) is 4.51. The van der Waals surface area contributed by atoms with Crippen molar-refractivity contribution in [2.45, 2.75) is 26.6 Å². The summed E-state index contributed by atoms with van der Waals surface area (Å²) < 4.78 is 5.14. The Morgan fingerprint density at radius 1 is 1.36 bits per heavy atom. The van der Waals surface area contributed by atoms with Crippen molar-refractivity contribution < 1.29 is 4.74 Å². The molecule has 0 fully saturated rings. The van der Waals surface area contributed by atoms with E-state index in [1.54, 1.807) is 17.9 Å². The maximum atomic E-state index is 5.14. The zero-order valence-corrected chi connectivity index (χ0v) is 9.19. The van der Waals surface area contributed by atoms with E-state index in [1.807, 2.05) is 0 Å². The van der Waals surface area contributed by atoms with Crippen LogP contribution in [0, 0.1) is 5.92 Å². The molecule has 1 atom stereocenters. The average molecular weight is 170 g/mol. The van der Waals surface area contributed by atoms with Gasteiger partial charge in [-0.05, 0) is 6.92 Å². The molecule has 11 heavy (non-hydrogen) atoms. The van der Waals surface area contributed by atoms with E-state index >= 15 is 0 Å². The van der Waals surface area contributed by atoms with Crippen LogP contribution in [0.5, 0.6) is 0 Å². The van der Waals surface area contributed by atoms with Crippen LogP contribution in [0.15, 0.2) is 10.8 Å². The maximum absolute atomic E-state index is 5.14. The molecule has 1 aliphatic carbocycles. The van der Waals surface area contributed by atoms with Crippen molar-refractivity contribution in [2.75, 3.05) is 13.7 Å². The summed E-state index contributed by atoms with van der Waals surface area (Å²) in [6.07, 6.45) is 0. The highest BCUT2D eigenvalue weighted by Gasteiger charge is 2.40. The van der Waals surface area contributed by atoms with E-state index in [0.717, 1.165) is 6.61 Å². The minimum absolute atomic E-state index is 0.715. The van der Waals surface area contributed by atoms with Gasteiger partial charge in [-0.3, -0.25) is 0 Å². The number of methoxy groups -OCH3 is 1. The van der Waals surface area contributed by atoms with Gasteiger partial charge in [0.2, 0.25) is 0 Å². The highest BCUT2D eigenvalue weighted by Crippen LogP contribution is 2.44. The molecule has 0 amide bonds. The van der Waals surface area contributed by atoms with Crippen LogP contribution in [0.25, 0.3) is 0 Å². The van der Waals surface area contributed by atoms with Crippen LogP contribution in [0.4, 0.5) is 0 Å². The van der Waals surface area contributed by atoms with Crippen LogP contribution >= 0.6 is 0 Å². The second-order valence-electron chi connectivity index (χ2n) is 4.35. The van der Waals surface area contributed by atoms with Gasteiger partial charge in [0.1, 0.15) is 0 Å². The second kappa shape index (κ2) is 2.76. The lowest BCUT2D eigenvalue weighted by molar-refractivity contribution is 0.190. The second-order valence-corrected chi connectivity index (χ2v) is 9.39. The molecule has 1 aliphatic rings. The van der Waals surface area contributed by atoms with E-state index in [0.29, 0.717) is 5.92 Å². The van der Waals surface area contributed by atoms with Crippen molar-refractivity contribution in [1.82, 2.24) is 0 Å². The first-order valence-electron chi connectivity index (χ1n) is 4.18. The lowest BCUT2D eigenvalue weighted by Gasteiger charge is -2.12. The first-order chi connectivity index (χ1) is 4.98. The molecule has 0 heterocycles. The van der Waals surface area contributed by atoms with Crippen molar-refractivity contribution in [3.8, 4) is 0 Å². The summed E-state index contributed by atoms with van der Waals surface area (Å²) in [5, 5.41) is 1.74. The van der Waals surface area contributed by atoms with Gasteiger partial charge in [0, 0.05) is 13.0 Å². The van der Waals surface area contributed by atoms with Gasteiger partial charge in [0.25, 0.3) is 0 Å². The van der Waals surface area contributed by atoms with E-state index in [2.05, 4.69) is 26.6 Å². The summed E-state index contributed by atoms with van der Waals surface area (Å²) in [6, 6.07) is 0.